The van der Waals surface area contributed by atoms with Gasteiger partial charge in [-0.05, 0) is 24.3 Å². The third-order valence-corrected chi connectivity index (χ3v) is 8.39. The van der Waals surface area contributed by atoms with E-state index in [-0.39, 0.29) is 11.0 Å². The molecule has 0 bridgehead atoms. The number of halogens is 6. The van der Waals surface area contributed by atoms with E-state index in [9.17, 15) is 26.3 Å². The molecule has 0 amide bonds. The Bertz CT molecular complexity index is 2330. The molecule has 2 nitrogen and oxygen atoms in total. The van der Waals surface area contributed by atoms with Gasteiger partial charge < -0.3 is 8.80 Å². The number of nitrogens with zero attached hydrogens (tertiary/aromatic N) is 2. The molecule has 0 radical (unpaired) electrons. The molecule has 0 aliphatic carbocycles. The van der Waals surface area contributed by atoms with E-state index in [1.54, 1.807) is 57.3 Å². The maximum Gasteiger partial charge on any atom is 0.418 e. The fourth-order valence-corrected chi connectivity index (χ4v) is 7.12. The molecule has 9 aromatic rings. The lowest BCUT2D eigenvalue weighted by Crippen LogP contribution is -2.06. The number of alkyl halides is 6. The van der Waals surface area contributed by atoms with E-state index in [1.807, 2.05) is 12.1 Å². The molecule has 0 aliphatic heterocycles. The third kappa shape index (κ3) is 2.36. The van der Waals surface area contributed by atoms with Crippen LogP contribution in [0.2, 0.25) is 0 Å². The molecule has 194 valence electrons. The number of benzene rings is 5. The lowest BCUT2D eigenvalue weighted by atomic mass is 9.96. The van der Waals surface area contributed by atoms with Crippen LogP contribution in [0.4, 0.5) is 26.3 Å². The number of aromatic nitrogens is 2. The van der Waals surface area contributed by atoms with Gasteiger partial charge in [0.25, 0.3) is 0 Å². The largest absolute Gasteiger partial charge is 0.418 e. The van der Waals surface area contributed by atoms with Gasteiger partial charge >= 0.3 is 12.4 Å². The Morgan fingerprint density at radius 2 is 0.725 bits per heavy atom. The standard InChI is InChI=1S/C32H14F6N2/c33-31(34,35)19-11-6-10-18-26-24-16-8-2-4-14-22(16)40-28-17(9-5-12-20(28)32(36,37)38)25(30(24)40)23-15-7-1-3-13-21(15)39(27(18)19)29(23)26/h1-14H. The number of para-hydroxylation sites is 4. The van der Waals surface area contributed by atoms with E-state index in [0.29, 0.717) is 65.2 Å². The molecular formula is C32H14F6N2. The molecule has 0 fully saturated rings. The topological polar surface area (TPSA) is 8.82 Å². The summed E-state index contributed by atoms with van der Waals surface area (Å²) >= 11 is 0. The highest BCUT2D eigenvalue weighted by Gasteiger charge is 2.38. The van der Waals surface area contributed by atoms with E-state index in [2.05, 4.69) is 0 Å². The number of hydrogen-bond donors (Lipinski definition) is 0. The lowest BCUT2D eigenvalue weighted by molar-refractivity contribution is -0.137. The van der Waals surface area contributed by atoms with Gasteiger partial charge in [0.15, 0.2) is 0 Å². The van der Waals surface area contributed by atoms with E-state index < -0.39 is 23.5 Å². The van der Waals surface area contributed by atoms with Crippen molar-refractivity contribution in [1.29, 1.82) is 0 Å². The molecule has 0 N–H and O–H groups in total. The zero-order valence-corrected chi connectivity index (χ0v) is 20.2. The van der Waals surface area contributed by atoms with Gasteiger partial charge in [-0.2, -0.15) is 26.3 Å². The highest BCUT2D eigenvalue weighted by Crippen LogP contribution is 2.53. The van der Waals surface area contributed by atoms with Gasteiger partial charge in [0.1, 0.15) is 0 Å². The minimum atomic E-state index is -4.60. The van der Waals surface area contributed by atoms with Crippen LogP contribution in [-0.2, 0) is 12.4 Å². The van der Waals surface area contributed by atoms with Crippen LogP contribution in [-0.4, -0.2) is 8.80 Å². The summed E-state index contributed by atoms with van der Waals surface area (Å²) in [6.07, 6.45) is -9.21. The molecule has 0 aliphatic rings. The molecule has 8 heteroatoms. The van der Waals surface area contributed by atoms with Crippen LogP contribution in [0.15, 0.2) is 84.9 Å². The van der Waals surface area contributed by atoms with E-state index >= 15 is 0 Å². The summed E-state index contributed by atoms with van der Waals surface area (Å²) in [7, 11) is 0. The van der Waals surface area contributed by atoms with Gasteiger partial charge in [-0.1, -0.05) is 60.7 Å². The van der Waals surface area contributed by atoms with Crippen molar-refractivity contribution in [2.75, 3.05) is 0 Å². The van der Waals surface area contributed by atoms with Gasteiger partial charge in [-0.3, -0.25) is 0 Å². The Morgan fingerprint density at radius 3 is 1.12 bits per heavy atom. The van der Waals surface area contributed by atoms with Crippen LogP contribution in [0.5, 0.6) is 0 Å². The average molecular weight is 540 g/mol. The summed E-state index contributed by atoms with van der Waals surface area (Å²) < 4.78 is 90.0. The van der Waals surface area contributed by atoms with Gasteiger partial charge in [-0.15, -0.1) is 0 Å². The van der Waals surface area contributed by atoms with Gasteiger partial charge in [0.05, 0.1) is 44.2 Å². The molecule has 0 saturated carbocycles. The van der Waals surface area contributed by atoms with Crippen molar-refractivity contribution < 1.29 is 26.3 Å². The number of rotatable bonds is 0. The van der Waals surface area contributed by atoms with Crippen LogP contribution < -0.4 is 0 Å². The predicted octanol–water partition coefficient (Wildman–Crippen LogP) is 10.0. The van der Waals surface area contributed by atoms with Gasteiger partial charge in [0, 0.05) is 43.1 Å². The molecule has 4 heterocycles. The maximum atomic E-state index is 14.4. The summed E-state index contributed by atoms with van der Waals surface area (Å²) in [6.45, 7) is 0. The van der Waals surface area contributed by atoms with Crippen molar-refractivity contribution in [3.8, 4) is 0 Å². The summed E-state index contributed by atoms with van der Waals surface area (Å²) in [5.41, 5.74) is 0.932. The van der Waals surface area contributed by atoms with Crippen LogP contribution >= 0.6 is 0 Å². The van der Waals surface area contributed by atoms with Crippen LogP contribution in [0, 0.1) is 0 Å². The fraction of sp³-hybridized carbons (Fsp3) is 0.0625. The minimum absolute atomic E-state index is 0.0521. The molecule has 9 rings (SSSR count). The Morgan fingerprint density at radius 1 is 0.375 bits per heavy atom. The van der Waals surface area contributed by atoms with Crippen LogP contribution in [0.1, 0.15) is 11.1 Å². The van der Waals surface area contributed by atoms with Crippen molar-refractivity contribution in [1.82, 2.24) is 8.80 Å². The van der Waals surface area contributed by atoms with Crippen molar-refractivity contribution in [2.45, 2.75) is 12.4 Å². The van der Waals surface area contributed by atoms with Crippen LogP contribution in [0.3, 0.4) is 0 Å². The zero-order chi connectivity index (χ0) is 27.3. The van der Waals surface area contributed by atoms with Gasteiger partial charge in [-0.25, -0.2) is 0 Å². The first-order chi connectivity index (χ1) is 19.2. The summed E-state index contributed by atoms with van der Waals surface area (Å²) in [6, 6.07) is 22.7. The Balaban J connectivity index is 1.75. The predicted molar refractivity (Wildman–Crippen MR) is 146 cm³/mol. The van der Waals surface area contributed by atoms with Crippen LogP contribution in [0.25, 0.3) is 76.2 Å². The normalized spacial score (nSPS) is 13.8. The van der Waals surface area contributed by atoms with E-state index in [1.165, 1.54) is 12.1 Å². The second kappa shape index (κ2) is 6.70. The first-order valence-electron chi connectivity index (χ1n) is 12.6. The molecule has 0 spiro atoms. The molecule has 0 unspecified atom stereocenters. The Hall–Kier alpha value is -4.72. The van der Waals surface area contributed by atoms with E-state index in [0.717, 1.165) is 12.1 Å². The minimum Gasteiger partial charge on any atom is -0.307 e. The quantitative estimate of drug-likeness (QED) is 0.169. The highest BCUT2D eigenvalue weighted by molar-refractivity contribution is 6.45. The van der Waals surface area contributed by atoms with Crippen molar-refractivity contribution in [2.24, 2.45) is 0 Å². The Kier molecular flexibility index (Phi) is 3.71. The molecule has 0 atom stereocenters. The SMILES string of the molecule is FC(F)(F)c1cccc2c3c4c5ccccc5n5c6c(C(F)(F)F)cccc6c(c6c7ccccc7n(c12)c63)c45. The van der Waals surface area contributed by atoms with Crippen molar-refractivity contribution in [3.05, 3.63) is 96.1 Å². The molecular weight excluding hydrogens is 526 g/mol. The fourth-order valence-electron chi connectivity index (χ4n) is 7.12. The second-order valence-corrected chi connectivity index (χ2v) is 10.3. The first kappa shape index (κ1) is 22.1. The van der Waals surface area contributed by atoms with E-state index in [4.69, 9.17) is 0 Å². The lowest BCUT2D eigenvalue weighted by Gasteiger charge is -2.09. The van der Waals surface area contributed by atoms with Gasteiger partial charge in [0.2, 0.25) is 0 Å². The maximum absolute atomic E-state index is 14.4. The monoisotopic (exact) mass is 540 g/mol. The molecule has 4 aromatic heterocycles. The summed E-state index contributed by atoms with van der Waals surface area (Å²) in [5, 5.41) is 4.77. The average Bonchev–Trinajstić information content (AvgIpc) is 3.64. The highest BCUT2D eigenvalue weighted by atomic mass is 19.4. The second-order valence-electron chi connectivity index (χ2n) is 10.3. The zero-order valence-electron chi connectivity index (χ0n) is 20.2. The summed E-state index contributed by atoms with van der Waals surface area (Å²) in [5.74, 6) is 0. The molecule has 0 saturated heterocycles. The Labute approximate surface area is 219 Å². The number of fused-ring (bicyclic) bond motifs is 14. The smallest absolute Gasteiger partial charge is 0.307 e. The molecule has 40 heavy (non-hydrogen) atoms. The molecule has 5 aromatic carbocycles. The van der Waals surface area contributed by atoms with Crippen molar-refractivity contribution >= 4 is 76.2 Å². The third-order valence-electron chi connectivity index (χ3n) is 8.39. The number of hydrogen-bond acceptors (Lipinski definition) is 0. The van der Waals surface area contributed by atoms with Crippen molar-refractivity contribution in [3.63, 3.8) is 0 Å². The summed E-state index contributed by atoms with van der Waals surface area (Å²) in [4.78, 5) is 0. The first-order valence-corrected chi connectivity index (χ1v) is 12.6.